The maximum atomic E-state index is 5.26. The molecule has 0 radical (unpaired) electrons. The Labute approximate surface area is 145 Å². The molecule has 0 saturated heterocycles. The fourth-order valence-electron chi connectivity index (χ4n) is 2.55. The van der Waals surface area contributed by atoms with Crippen LogP contribution in [0.2, 0.25) is 0 Å². The third-order valence-corrected chi connectivity index (χ3v) is 3.95. The topological polar surface area (TPSA) is 45.7 Å². The Morgan fingerprint density at radius 2 is 1.92 bits per heavy atom. The number of guanidine groups is 1. The monoisotopic (exact) mass is 325 g/mol. The molecular weight excluding hydrogens is 298 g/mol. The molecule has 2 rings (SSSR count). The van der Waals surface area contributed by atoms with Gasteiger partial charge in [-0.3, -0.25) is 4.99 Å². The van der Waals surface area contributed by atoms with Crippen molar-refractivity contribution in [2.45, 2.75) is 25.8 Å². The van der Waals surface area contributed by atoms with Crippen LogP contribution in [0.1, 0.15) is 30.5 Å². The van der Waals surface area contributed by atoms with Gasteiger partial charge in [0.25, 0.3) is 0 Å². The van der Waals surface area contributed by atoms with Crippen LogP contribution in [0.25, 0.3) is 0 Å². The summed E-state index contributed by atoms with van der Waals surface area (Å²) in [6.07, 6.45) is 2.04. The normalized spacial score (nSPS) is 12.5. The van der Waals surface area contributed by atoms with E-state index >= 15 is 0 Å². The first-order chi connectivity index (χ1) is 11.7. The highest BCUT2D eigenvalue weighted by molar-refractivity contribution is 5.80. The molecular formula is C20H27N3O. The van der Waals surface area contributed by atoms with Gasteiger partial charge < -0.3 is 15.4 Å². The molecule has 0 aliphatic heterocycles. The molecule has 2 aromatic carbocycles. The van der Waals surface area contributed by atoms with Crippen LogP contribution in [0, 0.1) is 0 Å². The number of ether oxygens (including phenoxy) is 1. The maximum Gasteiger partial charge on any atom is 0.191 e. The van der Waals surface area contributed by atoms with E-state index in [1.54, 1.807) is 14.2 Å². The number of hydrogen-bond donors (Lipinski definition) is 2. The van der Waals surface area contributed by atoms with Crippen LogP contribution in [0.5, 0.6) is 5.75 Å². The van der Waals surface area contributed by atoms with Crippen LogP contribution < -0.4 is 15.4 Å². The van der Waals surface area contributed by atoms with Crippen molar-refractivity contribution >= 4 is 5.96 Å². The van der Waals surface area contributed by atoms with Gasteiger partial charge in [0.1, 0.15) is 5.75 Å². The summed E-state index contributed by atoms with van der Waals surface area (Å²) < 4.78 is 5.26. The number of aliphatic imine (C=N–C) groups is 1. The Balaban J connectivity index is 1.75. The Kier molecular flexibility index (Phi) is 7.15. The predicted octanol–water partition coefficient (Wildman–Crippen LogP) is 3.55. The molecule has 0 aromatic heterocycles. The Morgan fingerprint density at radius 3 is 2.62 bits per heavy atom. The van der Waals surface area contributed by atoms with Crippen LogP contribution in [-0.2, 0) is 6.42 Å². The maximum absolute atomic E-state index is 5.26. The quantitative estimate of drug-likeness (QED) is 0.465. The fraction of sp³-hybridized carbons (Fsp3) is 0.350. The summed E-state index contributed by atoms with van der Waals surface area (Å²) >= 11 is 0. The van der Waals surface area contributed by atoms with Crippen molar-refractivity contribution in [3.05, 3.63) is 65.7 Å². The predicted molar refractivity (Wildman–Crippen MR) is 101 cm³/mol. The van der Waals surface area contributed by atoms with Crippen LogP contribution in [0.15, 0.2) is 59.6 Å². The van der Waals surface area contributed by atoms with Crippen molar-refractivity contribution in [3.63, 3.8) is 0 Å². The lowest BCUT2D eigenvalue weighted by molar-refractivity contribution is 0.414. The Hall–Kier alpha value is -2.49. The number of hydrogen-bond acceptors (Lipinski definition) is 2. The average molecular weight is 325 g/mol. The molecule has 0 fully saturated rings. The average Bonchev–Trinajstić information content (AvgIpc) is 2.65. The lowest BCUT2D eigenvalue weighted by Gasteiger charge is -2.18. The molecule has 24 heavy (non-hydrogen) atoms. The van der Waals surface area contributed by atoms with E-state index in [0.717, 1.165) is 31.1 Å². The van der Waals surface area contributed by atoms with Gasteiger partial charge in [-0.25, -0.2) is 0 Å². The summed E-state index contributed by atoms with van der Waals surface area (Å²) in [6, 6.07) is 18.8. The van der Waals surface area contributed by atoms with Gasteiger partial charge >= 0.3 is 0 Å². The van der Waals surface area contributed by atoms with Gasteiger partial charge in [0.05, 0.1) is 13.2 Å². The second-order valence-corrected chi connectivity index (χ2v) is 5.73. The summed E-state index contributed by atoms with van der Waals surface area (Å²) in [6.45, 7) is 3.01. The molecule has 0 bridgehead atoms. The summed E-state index contributed by atoms with van der Waals surface area (Å²) in [4.78, 5) is 4.30. The molecule has 1 unspecified atom stereocenters. The van der Waals surface area contributed by atoms with Crippen LogP contribution in [0.3, 0.4) is 0 Å². The van der Waals surface area contributed by atoms with E-state index < -0.39 is 0 Å². The minimum Gasteiger partial charge on any atom is -0.497 e. The summed E-state index contributed by atoms with van der Waals surface area (Å²) in [5.74, 6) is 1.74. The fourth-order valence-corrected chi connectivity index (χ4v) is 2.55. The zero-order chi connectivity index (χ0) is 17.2. The molecule has 0 amide bonds. The Morgan fingerprint density at radius 1 is 1.12 bits per heavy atom. The van der Waals surface area contributed by atoms with Gasteiger partial charge in [-0.2, -0.15) is 0 Å². The molecule has 0 aliphatic rings. The third-order valence-electron chi connectivity index (χ3n) is 3.95. The number of aryl methyl sites for hydroxylation is 1. The van der Waals surface area contributed by atoms with Crippen molar-refractivity contribution in [2.75, 3.05) is 20.7 Å². The highest BCUT2D eigenvalue weighted by Gasteiger charge is 2.06. The van der Waals surface area contributed by atoms with Crippen molar-refractivity contribution in [1.29, 1.82) is 0 Å². The highest BCUT2D eigenvalue weighted by Crippen LogP contribution is 2.14. The lowest BCUT2D eigenvalue weighted by Crippen LogP contribution is -2.39. The highest BCUT2D eigenvalue weighted by atomic mass is 16.5. The molecule has 0 spiro atoms. The van der Waals surface area contributed by atoms with Gasteiger partial charge in [0, 0.05) is 13.6 Å². The van der Waals surface area contributed by atoms with Crippen molar-refractivity contribution in [1.82, 2.24) is 10.6 Å². The van der Waals surface area contributed by atoms with Crippen LogP contribution >= 0.6 is 0 Å². The minimum atomic E-state index is 0.218. The van der Waals surface area contributed by atoms with Crippen molar-refractivity contribution < 1.29 is 4.74 Å². The zero-order valence-corrected chi connectivity index (χ0v) is 14.8. The molecule has 0 heterocycles. The van der Waals surface area contributed by atoms with Gasteiger partial charge in [0.15, 0.2) is 5.96 Å². The van der Waals surface area contributed by atoms with E-state index in [-0.39, 0.29) is 6.04 Å². The first-order valence-electron chi connectivity index (χ1n) is 8.38. The smallest absolute Gasteiger partial charge is 0.191 e. The SMILES string of the molecule is CN=C(NCCCc1cccc(OC)c1)NC(C)c1ccccc1. The van der Waals surface area contributed by atoms with E-state index in [4.69, 9.17) is 4.74 Å². The Bertz CT molecular complexity index is 640. The lowest BCUT2D eigenvalue weighted by atomic mass is 10.1. The molecule has 1 atom stereocenters. The number of rotatable bonds is 7. The molecule has 0 aliphatic carbocycles. The second kappa shape index (κ2) is 9.60. The van der Waals surface area contributed by atoms with Gasteiger partial charge in [0.2, 0.25) is 0 Å². The third kappa shape index (κ3) is 5.61. The minimum absolute atomic E-state index is 0.218. The number of benzene rings is 2. The molecule has 4 heteroatoms. The van der Waals surface area contributed by atoms with Crippen molar-refractivity contribution in [3.8, 4) is 5.75 Å². The summed E-state index contributed by atoms with van der Waals surface area (Å²) in [5.41, 5.74) is 2.54. The molecule has 128 valence electrons. The van der Waals surface area contributed by atoms with Crippen LogP contribution in [0.4, 0.5) is 0 Å². The van der Waals surface area contributed by atoms with Crippen molar-refractivity contribution in [2.24, 2.45) is 4.99 Å². The van der Waals surface area contributed by atoms with E-state index in [1.165, 1.54) is 11.1 Å². The summed E-state index contributed by atoms with van der Waals surface area (Å²) in [7, 11) is 3.50. The van der Waals surface area contributed by atoms with E-state index in [0.29, 0.717) is 0 Å². The molecule has 2 aromatic rings. The second-order valence-electron chi connectivity index (χ2n) is 5.73. The largest absolute Gasteiger partial charge is 0.497 e. The molecule has 4 nitrogen and oxygen atoms in total. The zero-order valence-electron chi connectivity index (χ0n) is 14.8. The number of nitrogens with one attached hydrogen (secondary N) is 2. The number of methoxy groups -OCH3 is 1. The summed E-state index contributed by atoms with van der Waals surface area (Å²) in [5, 5.41) is 6.80. The molecule has 2 N–H and O–H groups in total. The number of nitrogens with zero attached hydrogens (tertiary/aromatic N) is 1. The molecule has 0 saturated carbocycles. The van der Waals surface area contributed by atoms with Gasteiger partial charge in [-0.15, -0.1) is 0 Å². The van der Waals surface area contributed by atoms with Gasteiger partial charge in [-0.05, 0) is 43.0 Å². The van der Waals surface area contributed by atoms with Crippen LogP contribution in [-0.4, -0.2) is 26.7 Å². The van der Waals surface area contributed by atoms with E-state index in [9.17, 15) is 0 Å². The first kappa shape index (κ1) is 17.9. The first-order valence-corrected chi connectivity index (χ1v) is 8.38. The van der Waals surface area contributed by atoms with E-state index in [1.807, 2.05) is 18.2 Å². The standard InChI is InChI=1S/C20H27N3O/c1-16(18-11-5-4-6-12-18)23-20(21-2)22-14-8-10-17-9-7-13-19(15-17)24-3/h4-7,9,11-13,15-16H,8,10,14H2,1-3H3,(H2,21,22,23). The van der Waals surface area contributed by atoms with Gasteiger partial charge in [-0.1, -0.05) is 42.5 Å². The van der Waals surface area contributed by atoms with E-state index in [2.05, 4.69) is 58.9 Å².